The van der Waals surface area contributed by atoms with E-state index in [1.165, 1.54) is 5.56 Å². The first-order valence-corrected chi connectivity index (χ1v) is 6.87. The summed E-state index contributed by atoms with van der Waals surface area (Å²) in [5.74, 6) is 0.125. The normalized spacial score (nSPS) is 18.5. The number of likely N-dealkylation sites (N-methyl/N-ethyl adjacent to an activating group) is 1. The highest BCUT2D eigenvalue weighted by atomic mass is 35.5. The second-order valence-corrected chi connectivity index (χ2v) is 5.42. The van der Waals surface area contributed by atoms with Crippen molar-refractivity contribution in [3.8, 4) is 0 Å². The van der Waals surface area contributed by atoms with Gasteiger partial charge in [0.1, 0.15) is 0 Å². The Bertz CT molecular complexity index is 493. The summed E-state index contributed by atoms with van der Waals surface area (Å²) in [5.41, 5.74) is 1.94. The average Bonchev–Trinajstić information content (AvgIpc) is 2.39. The summed E-state index contributed by atoms with van der Waals surface area (Å²) >= 11 is 6.03. The third-order valence-corrected chi connectivity index (χ3v) is 3.35. The number of Topliss-reactive ketones (excluding diaryl/α,β-unsaturated/α-hetero) is 1. The van der Waals surface area contributed by atoms with E-state index >= 15 is 0 Å². The number of carbonyl (C=O) groups is 1. The predicted octanol–water partition coefficient (Wildman–Crippen LogP) is 3.18. The van der Waals surface area contributed by atoms with Crippen molar-refractivity contribution < 1.29 is 4.79 Å². The van der Waals surface area contributed by atoms with E-state index in [9.17, 15) is 4.79 Å². The number of alkyl halides is 1. The lowest BCUT2D eigenvalue weighted by Crippen LogP contribution is -2.26. The molecule has 0 fully saturated rings. The zero-order chi connectivity index (χ0) is 13.7. The van der Waals surface area contributed by atoms with Crippen LogP contribution in [0.3, 0.4) is 0 Å². The fraction of sp³-hybridized carbons (Fsp3) is 0.312. The van der Waals surface area contributed by atoms with Gasteiger partial charge in [-0.3, -0.25) is 9.69 Å². The van der Waals surface area contributed by atoms with Crippen molar-refractivity contribution in [1.29, 1.82) is 0 Å². The molecule has 2 rings (SSSR count). The molecule has 2 nitrogen and oxygen atoms in total. The largest absolute Gasteiger partial charge is 0.295 e. The molecule has 3 heteroatoms. The molecule has 0 saturated carbocycles. The van der Waals surface area contributed by atoms with Gasteiger partial charge in [0.25, 0.3) is 0 Å². The van der Waals surface area contributed by atoms with Gasteiger partial charge in [0.2, 0.25) is 0 Å². The number of ketones is 1. The number of allylic oxidation sites excluding steroid dienone is 3. The Morgan fingerprint density at radius 2 is 2.11 bits per heavy atom. The van der Waals surface area contributed by atoms with E-state index in [0.717, 1.165) is 18.5 Å². The van der Waals surface area contributed by atoms with Crippen LogP contribution in [0.4, 0.5) is 0 Å². The van der Waals surface area contributed by atoms with Gasteiger partial charge in [-0.05, 0) is 19.0 Å². The maximum atomic E-state index is 12.1. The molecule has 1 aromatic rings. The third kappa shape index (κ3) is 4.34. The number of rotatable bonds is 5. The van der Waals surface area contributed by atoms with E-state index in [2.05, 4.69) is 12.1 Å². The van der Waals surface area contributed by atoms with E-state index in [-0.39, 0.29) is 11.2 Å². The Balaban J connectivity index is 1.90. The molecule has 1 aromatic carbocycles. The van der Waals surface area contributed by atoms with Crippen LogP contribution in [0.1, 0.15) is 12.0 Å². The van der Waals surface area contributed by atoms with Crippen LogP contribution < -0.4 is 0 Å². The molecule has 1 atom stereocenters. The molecule has 0 aromatic heterocycles. The van der Waals surface area contributed by atoms with E-state index in [1.807, 2.05) is 48.4 Å². The van der Waals surface area contributed by atoms with Crippen LogP contribution in [-0.4, -0.2) is 29.7 Å². The van der Waals surface area contributed by atoms with Crippen LogP contribution in [0, 0.1) is 0 Å². The summed E-state index contributed by atoms with van der Waals surface area (Å²) in [6, 6.07) is 10.1. The van der Waals surface area contributed by atoms with Crippen LogP contribution >= 0.6 is 11.6 Å². The van der Waals surface area contributed by atoms with E-state index in [4.69, 9.17) is 11.6 Å². The van der Waals surface area contributed by atoms with Gasteiger partial charge in [-0.1, -0.05) is 48.6 Å². The smallest absolute Gasteiger partial charge is 0.176 e. The summed E-state index contributed by atoms with van der Waals surface area (Å²) in [6.45, 7) is 1.18. The number of carbonyl (C=O) groups excluding carboxylic acids is 1. The summed E-state index contributed by atoms with van der Waals surface area (Å²) in [5, 5.41) is -0.0524. The summed E-state index contributed by atoms with van der Waals surface area (Å²) in [7, 11) is 1.95. The molecule has 0 heterocycles. The lowest BCUT2D eigenvalue weighted by Gasteiger charge is -2.17. The monoisotopic (exact) mass is 275 g/mol. The van der Waals surface area contributed by atoms with Crippen molar-refractivity contribution in [3.05, 3.63) is 59.7 Å². The van der Waals surface area contributed by atoms with Gasteiger partial charge in [-0.15, -0.1) is 11.6 Å². The van der Waals surface area contributed by atoms with Crippen molar-refractivity contribution >= 4 is 17.4 Å². The number of halogens is 1. The standard InChI is InChI=1S/C16H18ClNO/c1-18(11-13-6-3-2-4-7-13)12-16(19)14-8-5-9-15(17)10-14/h2-8,10,15H,9,11-12H2,1H3. The van der Waals surface area contributed by atoms with Crippen molar-refractivity contribution in [3.63, 3.8) is 0 Å². The molecular formula is C16H18ClNO. The SMILES string of the molecule is CN(CC(=O)C1=CC(Cl)CC=C1)Cc1ccccc1. The number of hydrogen-bond acceptors (Lipinski definition) is 2. The van der Waals surface area contributed by atoms with Crippen LogP contribution in [0.5, 0.6) is 0 Å². The highest BCUT2D eigenvalue weighted by molar-refractivity contribution is 6.22. The van der Waals surface area contributed by atoms with Crippen molar-refractivity contribution in [2.24, 2.45) is 0 Å². The first-order chi connectivity index (χ1) is 9.15. The third-order valence-electron chi connectivity index (χ3n) is 3.05. The van der Waals surface area contributed by atoms with Gasteiger partial charge in [0.15, 0.2) is 5.78 Å². The van der Waals surface area contributed by atoms with Crippen molar-refractivity contribution in [2.75, 3.05) is 13.6 Å². The molecule has 1 aliphatic rings. The van der Waals surface area contributed by atoms with Crippen LogP contribution in [0.15, 0.2) is 54.1 Å². The Kier molecular flexibility index (Phi) is 4.94. The fourth-order valence-electron chi connectivity index (χ4n) is 2.12. The number of hydrogen-bond donors (Lipinski definition) is 0. The minimum atomic E-state index is -0.0524. The lowest BCUT2D eigenvalue weighted by molar-refractivity contribution is -0.116. The minimum Gasteiger partial charge on any atom is -0.295 e. The van der Waals surface area contributed by atoms with Gasteiger partial charge in [0, 0.05) is 12.1 Å². The lowest BCUT2D eigenvalue weighted by atomic mass is 10.0. The quantitative estimate of drug-likeness (QED) is 0.770. The molecule has 0 radical (unpaired) electrons. The van der Waals surface area contributed by atoms with Crippen molar-refractivity contribution in [1.82, 2.24) is 4.90 Å². The molecule has 1 unspecified atom stereocenters. The van der Waals surface area contributed by atoms with Gasteiger partial charge in [-0.2, -0.15) is 0 Å². The first kappa shape index (κ1) is 14.0. The second kappa shape index (κ2) is 6.69. The fourth-order valence-corrected chi connectivity index (χ4v) is 2.36. The molecule has 0 saturated heterocycles. The zero-order valence-corrected chi connectivity index (χ0v) is 11.8. The molecule has 19 heavy (non-hydrogen) atoms. The van der Waals surface area contributed by atoms with E-state index in [1.54, 1.807) is 0 Å². The maximum Gasteiger partial charge on any atom is 0.176 e. The minimum absolute atomic E-state index is 0.0524. The second-order valence-electron chi connectivity index (χ2n) is 4.86. The van der Waals surface area contributed by atoms with Gasteiger partial charge in [0.05, 0.1) is 11.9 Å². The topological polar surface area (TPSA) is 20.3 Å². The van der Waals surface area contributed by atoms with Crippen LogP contribution in [0.2, 0.25) is 0 Å². The summed E-state index contributed by atoms with van der Waals surface area (Å²) < 4.78 is 0. The van der Waals surface area contributed by atoms with Crippen LogP contribution in [-0.2, 0) is 11.3 Å². The number of benzene rings is 1. The Morgan fingerprint density at radius 3 is 2.79 bits per heavy atom. The van der Waals surface area contributed by atoms with Gasteiger partial charge in [-0.25, -0.2) is 0 Å². The molecule has 100 valence electrons. The Labute approximate surface area is 119 Å². The zero-order valence-electron chi connectivity index (χ0n) is 11.1. The van der Waals surface area contributed by atoms with E-state index in [0.29, 0.717) is 6.54 Å². The highest BCUT2D eigenvalue weighted by Gasteiger charge is 2.14. The van der Waals surface area contributed by atoms with Gasteiger partial charge >= 0.3 is 0 Å². The summed E-state index contributed by atoms with van der Waals surface area (Å²) in [6.07, 6.45) is 6.48. The molecule has 0 aliphatic heterocycles. The summed E-state index contributed by atoms with van der Waals surface area (Å²) in [4.78, 5) is 14.1. The molecule has 0 bridgehead atoms. The molecule has 1 aliphatic carbocycles. The first-order valence-electron chi connectivity index (χ1n) is 6.43. The Morgan fingerprint density at radius 1 is 1.37 bits per heavy atom. The predicted molar refractivity (Wildman–Crippen MR) is 79.3 cm³/mol. The Hall–Kier alpha value is -1.38. The number of nitrogens with zero attached hydrogens (tertiary/aromatic N) is 1. The van der Waals surface area contributed by atoms with Crippen LogP contribution in [0.25, 0.3) is 0 Å². The highest BCUT2D eigenvalue weighted by Crippen LogP contribution is 2.16. The van der Waals surface area contributed by atoms with Crippen molar-refractivity contribution in [2.45, 2.75) is 18.3 Å². The maximum absolute atomic E-state index is 12.1. The average molecular weight is 276 g/mol. The molecule has 0 spiro atoms. The van der Waals surface area contributed by atoms with Gasteiger partial charge < -0.3 is 0 Å². The molecular weight excluding hydrogens is 258 g/mol. The van der Waals surface area contributed by atoms with E-state index < -0.39 is 0 Å². The molecule has 0 amide bonds. The molecule has 0 N–H and O–H groups in total.